The summed E-state index contributed by atoms with van der Waals surface area (Å²) in [6.07, 6.45) is 0. The van der Waals surface area contributed by atoms with Gasteiger partial charge in [0.15, 0.2) is 0 Å². The first-order valence-electron chi connectivity index (χ1n) is 3.90. The zero-order valence-electron chi connectivity index (χ0n) is 7.99. The standard InChI is InChI=1S/C8H18N2O/c1-6(2)10-8(3,4)7(11)9-5/h6,10H,1-5H3,(H,9,11). The molecule has 2 N–H and O–H groups in total. The predicted octanol–water partition coefficient (Wildman–Crippen LogP) is 0.509. The molecule has 3 heteroatoms. The summed E-state index contributed by atoms with van der Waals surface area (Å²) in [4.78, 5) is 11.2. The second-order valence-corrected chi connectivity index (χ2v) is 3.50. The van der Waals surface area contributed by atoms with Crippen molar-refractivity contribution in [2.45, 2.75) is 39.3 Å². The zero-order valence-corrected chi connectivity index (χ0v) is 7.99. The van der Waals surface area contributed by atoms with Gasteiger partial charge in [-0.1, -0.05) is 0 Å². The van der Waals surface area contributed by atoms with Crippen molar-refractivity contribution in [3.05, 3.63) is 0 Å². The lowest BCUT2D eigenvalue weighted by atomic mass is 10.0. The van der Waals surface area contributed by atoms with Crippen LogP contribution in [0.25, 0.3) is 0 Å². The monoisotopic (exact) mass is 158 g/mol. The molecular formula is C8H18N2O. The summed E-state index contributed by atoms with van der Waals surface area (Å²) in [7, 11) is 1.64. The average molecular weight is 158 g/mol. The van der Waals surface area contributed by atoms with Crippen molar-refractivity contribution < 1.29 is 4.79 Å². The average Bonchev–Trinajstić information content (AvgIpc) is 1.83. The third-order valence-electron chi connectivity index (χ3n) is 1.44. The van der Waals surface area contributed by atoms with Crippen molar-refractivity contribution in [2.75, 3.05) is 7.05 Å². The van der Waals surface area contributed by atoms with Gasteiger partial charge in [0.1, 0.15) is 0 Å². The Bertz CT molecular complexity index is 141. The van der Waals surface area contributed by atoms with Crippen LogP contribution in [0.2, 0.25) is 0 Å². The number of amides is 1. The Morgan fingerprint density at radius 2 is 1.82 bits per heavy atom. The molecule has 0 unspecified atom stereocenters. The van der Waals surface area contributed by atoms with Crippen LogP contribution in [0.15, 0.2) is 0 Å². The van der Waals surface area contributed by atoms with Gasteiger partial charge in [-0.2, -0.15) is 0 Å². The molecule has 11 heavy (non-hydrogen) atoms. The molecule has 0 rings (SSSR count). The first-order chi connectivity index (χ1) is 4.90. The van der Waals surface area contributed by atoms with E-state index in [9.17, 15) is 4.79 Å². The van der Waals surface area contributed by atoms with Gasteiger partial charge in [-0.25, -0.2) is 0 Å². The van der Waals surface area contributed by atoms with Gasteiger partial charge in [0.05, 0.1) is 5.54 Å². The summed E-state index contributed by atoms with van der Waals surface area (Å²) in [6.45, 7) is 7.77. The summed E-state index contributed by atoms with van der Waals surface area (Å²) >= 11 is 0. The molecule has 0 aliphatic heterocycles. The molecule has 0 heterocycles. The topological polar surface area (TPSA) is 41.1 Å². The molecule has 66 valence electrons. The Morgan fingerprint density at radius 1 is 1.36 bits per heavy atom. The number of carbonyl (C=O) groups is 1. The van der Waals surface area contributed by atoms with Gasteiger partial charge in [-0.05, 0) is 27.7 Å². The van der Waals surface area contributed by atoms with Gasteiger partial charge in [0.2, 0.25) is 5.91 Å². The van der Waals surface area contributed by atoms with Crippen molar-refractivity contribution >= 4 is 5.91 Å². The summed E-state index contributed by atoms with van der Waals surface area (Å²) in [5.74, 6) is 0.0196. The van der Waals surface area contributed by atoms with Crippen molar-refractivity contribution in [3.63, 3.8) is 0 Å². The van der Waals surface area contributed by atoms with E-state index in [1.165, 1.54) is 0 Å². The van der Waals surface area contributed by atoms with E-state index < -0.39 is 5.54 Å². The maximum absolute atomic E-state index is 11.2. The number of likely N-dealkylation sites (N-methyl/N-ethyl adjacent to an activating group) is 1. The van der Waals surface area contributed by atoms with Crippen LogP contribution in [-0.4, -0.2) is 24.5 Å². The smallest absolute Gasteiger partial charge is 0.239 e. The van der Waals surface area contributed by atoms with Crippen LogP contribution < -0.4 is 10.6 Å². The second kappa shape index (κ2) is 3.72. The van der Waals surface area contributed by atoms with E-state index in [0.29, 0.717) is 6.04 Å². The minimum absolute atomic E-state index is 0.0196. The third-order valence-corrected chi connectivity index (χ3v) is 1.44. The predicted molar refractivity (Wildman–Crippen MR) is 46.4 cm³/mol. The highest BCUT2D eigenvalue weighted by molar-refractivity contribution is 5.85. The molecule has 0 radical (unpaired) electrons. The molecule has 0 aromatic rings. The van der Waals surface area contributed by atoms with Crippen LogP contribution in [-0.2, 0) is 4.79 Å². The first-order valence-corrected chi connectivity index (χ1v) is 3.90. The van der Waals surface area contributed by atoms with E-state index in [-0.39, 0.29) is 5.91 Å². The number of carbonyl (C=O) groups excluding carboxylic acids is 1. The molecule has 0 atom stereocenters. The van der Waals surface area contributed by atoms with Crippen molar-refractivity contribution in [1.29, 1.82) is 0 Å². The van der Waals surface area contributed by atoms with E-state index >= 15 is 0 Å². The zero-order chi connectivity index (χ0) is 9.07. The number of rotatable bonds is 3. The van der Waals surface area contributed by atoms with Gasteiger partial charge < -0.3 is 10.6 Å². The van der Waals surface area contributed by atoms with E-state index in [4.69, 9.17) is 0 Å². The fourth-order valence-corrected chi connectivity index (χ4v) is 1.10. The summed E-state index contributed by atoms with van der Waals surface area (Å²) in [6, 6.07) is 0.322. The molecule has 0 spiro atoms. The summed E-state index contributed by atoms with van der Waals surface area (Å²) in [5, 5.41) is 5.77. The molecule has 0 bridgehead atoms. The molecule has 0 saturated carbocycles. The van der Waals surface area contributed by atoms with Crippen LogP contribution in [0.5, 0.6) is 0 Å². The fraction of sp³-hybridized carbons (Fsp3) is 0.875. The molecule has 0 aromatic carbocycles. The van der Waals surface area contributed by atoms with Crippen LogP contribution in [0, 0.1) is 0 Å². The third kappa shape index (κ3) is 3.37. The molecule has 0 saturated heterocycles. The molecule has 3 nitrogen and oxygen atoms in total. The molecule has 0 aliphatic rings. The van der Waals surface area contributed by atoms with Gasteiger partial charge in [0.25, 0.3) is 0 Å². The minimum atomic E-state index is -0.469. The highest BCUT2D eigenvalue weighted by atomic mass is 16.2. The Kier molecular flexibility index (Phi) is 3.52. The molecular weight excluding hydrogens is 140 g/mol. The Morgan fingerprint density at radius 3 is 2.09 bits per heavy atom. The number of nitrogens with one attached hydrogen (secondary N) is 2. The molecule has 0 aromatic heterocycles. The maximum Gasteiger partial charge on any atom is 0.239 e. The lowest BCUT2D eigenvalue weighted by Gasteiger charge is -2.26. The lowest BCUT2D eigenvalue weighted by molar-refractivity contribution is -0.126. The lowest BCUT2D eigenvalue weighted by Crippen LogP contribution is -2.54. The summed E-state index contributed by atoms with van der Waals surface area (Å²) in [5.41, 5.74) is -0.469. The van der Waals surface area contributed by atoms with Gasteiger partial charge >= 0.3 is 0 Å². The van der Waals surface area contributed by atoms with E-state index in [0.717, 1.165) is 0 Å². The minimum Gasteiger partial charge on any atom is -0.358 e. The Balaban J connectivity index is 4.09. The number of hydrogen-bond donors (Lipinski definition) is 2. The molecule has 0 aliphatic carbocycles. The van der Waals surface area contributed by atoms with Crippen LogP contribution in [0.1, 0.15) is 27.7 Å². The van der Waals surface area contributed by atoms with Crippen LogP contribution in [0.3, 0.4) is 0 Å². The highest BCUT2D eigenvalue weighted by Crippen LogP contribution is 2.02. The van der Waals surface area contributed by atoms with Gasteiger partial charge in [-0.15, -0.1) is 0 Å². The molecule has 0 fully saturated rings. The summed E-state index contributed by atoms with van der Waals surface area (Å²) < 4.78 is 0. The first kappa shape index (κ1) is 10.4. The molecule has 1 amide bonds. The fourth-order valence-electron chi connectivity index (χ4n) is 1.10. The van der Waals surface area contributed by atoms with E-state index in [1.54, 1.807) is 7.05 Å². The Labute approximate surface area is 68.6 Å². The van der Waals surface area contributed by atoms with E-state index in [1.807, 2.05) is 27.7 Å². The van der Waals surface area contributed by atoms with Gasteiger partial charge in [0, 0.05) is 13.1 Å². The van der Waals surface area contributed by atoms with Crippen molar-refractivity contribution in [3.8, 4) is 0 Å². The largest absolute Gasteiger partial charge is 0.358 e. The van der Waals surface area contributed by atoms with Crippen LogP contribution >= 0.6 is 0 Å². The normalized spacial score (nSPS) is 11.8. The number of hydrogen-bond acceptors (Lipinski definition) is 2. The maximum atomic E-state index is 11.2. The SMILES string of the molecule is CNC(=O)C(C)(C)NC(C)C. The second-order valence-electron chi connectivity index (χ2n) is 3.50. The van der Waals surface area contributed by atoms with E-state index in [2.05, 4.69) is 10.6 Å². The van der Waals surface area contributed by atoms with Gasteiger partial charge in [-0.3, -0.25) is 4.79 Å². The van der Waals surface area contributed by atoms with Crippen LogP contribution in [0.4, 0.5) is 0 Å². The Hall–Kier alpha value is -0.570. The van der Waals surface area contributed by atoms with Crippen molar-refractivity contribution in [2.24, 2.45) is 0 Å². The quantitative estimate of drug-likeness (QED) is 0.628. The highest BCUT2D eigenvalue weighted by Gasteiger charge is 2.26. The van der Waals surface area contributed by atoms with Crippen molar-refractivity contribution in [1.82, 2.24) is 10.6 Å².